The van der Waals surface area contributed by atoms with Gasteiger partial charge in [-0.25, -0.2) is 0 Å². The average Bonchev–Trinajstić information content (AvgIpc) is 2.42. The van der Waals surface area contributed by atoms with Gasteiger partial charge in [-0.15, -0.1) is 0 Å². The fourth-order valence-electron chi connectivity index (χ4n) is 1.89. The van der Waals surface area contributed by atoms with Gasteiger partial charge in [0.1, 0.15) is 11.9 Å². The summed E-state index contributed by atoms with van der Waals surface area (Å²) in [5, 5.41) is 11.0. The molecular formula is C15H14BrClO2. The van der Waals surface area contributed by atoms with Crippen molar-refractivity contribution in [3.05, 3.63) is 63.1 Å². The summed E-state index contributed by atoms with van der Waals surface area (Å²) in [7, 11) is 0. The molecule has 4 heteroatoms. The zero-order valence-corrected chi connectivity index (χ0v) is 12.8. The van der Waals surface area contributed by atoms with Crippen LogP contribution in [0.5, 0.6) is 5.75 Å². The van der Waals surface area contributed by atoms with E-state index in [1.807, 2.05) is 43.3 Å². The van der Waals surface area contributed by atoms with E-state index >= 15 is 0 Å². The standard InChI is InChI=1S/C15H14BrClO2/c1-2-19-14-6-4-3-5-11(14)15(18)12-9-10(16)7-8-13(12)17/h3-9,15,18H,2H2,1H3. The number of aliphatic hydroxyl groups excluding tert-OH is 1. The molecule has 0 aromatic heterocycles. The SMILES string of the molecule is CCOc1ccccc1C(O)c1cc(Br)ccc1Cl. The quantitative estimate of drug-likeness (QED) is 0.882. The van der Waals surface area contributed by atoms with Crippen LogP contribution in [0.15, 0.2) is 46.9 Å². The van der Waals surface area contributed by atoms with Crippen molar-refractivity contribution in [3.8, 4) is 5.75 Å². The molecule has 0 aliphatic carbocycles. The zero-order chi connectivity index (χ0) is 13.8. The van der Waals surface area contributed by atoms with E-state index in [-0.39, 0.29) is 0 Å². The van der Waals surface area contributed by atoms with Gasteiger partial charge in [-0.2, -0.15) is 0 Å². The normalized spacial score (nSPS) is 12.2. The number of aliphatic hydroxyl groups is 1. The summed E-state index contributed by atoms with van der Waals surface area (Å²) in [6, 6.07) is 12.8. The molecule has 0 spiro atoms. The summed E-state index contributed by atoms with van der Waals surface area (Å²) >= 11 is 9.53. The van der Waals surface area contributed by atoms with Crippen LogP contribution >= 0.6 is 27.5 Å². The van der Waals surface area contributed by atoms with E-state index in [4.69, 9.17) is 16.3 Å². The van der Waals surface area contributed by atoms with Crippen molar-refractivity contribution >= 4 is 27.5 Å². The Kier molecular flexibility index (Phi) is 4.86. The maximum atomic E-state index is 10.5. The Labute approximate surface area is 126 Å². The van der Waals surface area contributed by atoms with Crippen LogP contribution < -0.4 is 4.74 Å². The average molecular weight is 342 g/mol. The molecule has 0 bridgehead atoms. The lowest BCUT2D eigenvalue weighted by atomic mass is 10.0. The van der Waals surface area contributed by atoms with Gasteiger partial charge in [0.2, 0.25) is 0 Å². The molecule has 19 heavy (non-hydrogen) atoms. The van der Waals surface area contributed by atoms with Gasteiger partial charge in [0.15, 0.2) is 0 Å². The first-order valence-corrected chi connectivity index (χ1v) is 7.15. The minimum atomic E-state index is -0.812. The van der Waals surface area contributed by atoms with Crippen LogP contribution in [0, 0.1) is 0 Å². The van der Waals surface area contributed by atoms with Crippen molar-refractivity contribution in [1.82, 2.24) is 0 Å². The predicted molar refractivity (Wildman–Crippen MR) is 80.8 cm³/mol. The molecule has 2 aromatic carbocycles. The third kappa shape index (κ3) is 3.30. The second-order valence-electron chi connectivity index (χ2n) is 4.04. The van der Waals surface area contributed by atoms with Crippen molar-refractivity contribution in [2.75, 3.05) is 6.61 Å². The third-order valence-corrected chi connectivity index (χ3v) is 3.60. The minimum Gasteiger partial charge on any atom is -0.493 e. The van der Waals surface area contributed by atoms with Crippen LogP contribution in [-0.2, 0) is 0 Å². The summed E-state index contributed by atoms with van der Waals surface area (Å²) in [4.78, 5) is 0. The molecule has 1 N–H and O–H groups in total. The molecule has 2 nitrogen and oxygen atoms in total. The van der Waals surface area contributed by atoms with E-state index in [9.17, 15) is 5.11 Å². The first kappa shape index (κ1) is 14.4. The van der Waals surface area contributed by atoms with Gasteiger partial charge in [-0.3, -0.25) is 0 Å². The highest BCUT2D eigenvalue weighted by Gasteiger charge is 2.18. The van der Waals surface area contributed by atoms with E-state index in [0.29, 0.717) is 28.5 Å². The smallest absolute Gasteiger partial charge is 0.125 e. The Hall–Kier alpha value is -1.03. The van der Waals surface area contributed by atoms with Crippen molar-refractivity contribution in [1.29, 1.82) is 0 Å². The number of para-hydroxylation sites is 1. The van der Waals surface area contributed by atoms with E-state index in [0.717, 1.165) is 4.47 Å². The summed E-state index contributed by atoms with van der Waals surface area (Å²) in [5.74, 6) is 0.675. The van der Waals surface area contributed by atoms with E-state index < -0.39 is 6.10 Å². The molecule has 2 aromatic rings. The van der Waals surface area contributed by atoms with Gasteiger partial charge >= 0.3 is 0 Å². The van der Waals surface area contributed by atoms with Gasteiger partial charge < -0.3 is 9.84 Å². The van der Waals surface area contributed by atoms with Crippen molar-refractivity contribution in [2.45, 2.75) is 13.0 Å². The lowest BCUT2D eigenvalue weighted by molar-refractivity contribution is 0.212. The van der Waals surface area contributed by atoms with E-state index in [2.05, 4.69) is 15.9 Å². The number of hydrogen-bond donors (Lipinski definition) is 1. The maximum absolute atomic E-state index is 10.5. The number of ether oxygens (including phenoxy) is 1. The maximum Gasteiger partial charge on any atom is 0.125 e. The fourth-order valence-corrected chi connectivity index (χ4v) is 2.48. The fraction of sp³-hybridized carbons (Fsp3) is 0.200. The summed E-state index contributed by atoms with van der Waals surface area (Å²) in [6.45, 7) is 2.46. The number of rotatable bonds is 4. The van der Waals surface area contributed by atoms with Gasteiger partial charge in [0, 0.05) is 20.6 Å². The van der Waals surface area contributed by atoms with Crippen LogP contribution in [0.3, 0.4) is 0 Å². The zero-order valence-electron chi connectivity index (χ0n) is 10.4. The molecule has 0 radical (unpaired) electrons. The van der Waals surface area contributed by atoms with Gasteiger partial charge in [-0.1, -0.05) is 45.7 Å². The molecule has 2 rings (SSSR count). The topological polar surface area (TPSA) is 29.5 Å². The van der Waals surface area contributed by atoms with Crippen molar-refractivity contribution in [3.63, 3.8) is 0 Å². The second-order valence-corrected chi connectivity index (χ2v) is 5.36. The highest BCUT2D eigenvalue weighted by molar-refractivity contribution is 9.10. The summed E-state index contributed by atoms with van der Waals surface area (Å²) < 4.78 is 6.41. The second kappa shape index (κ2) is 6.42. The first-order chi connectivity index (χ1) is 9.13. The predicted octanol–water partition coefficient (Wildman–Crippen LogP) is 4.58. The highest BCUT2D eigenvalue weighted by atomic mass is 79.9. The first-order valence-electron chi connectivity index (χ1n) is 5.98. The van der Waals surface area contributed by atoms with E-state index in [1.54, 1.807) is 6.07 Å². The monoisotopic (exact) mass is 340 g/mol. The molecule has 0 fully saturated rings. The Bertz CT molecular complexity index is 572. The Balaban J connectivity index is 2.43. The number of halogens is 2. The van der Waals surface area contributed by atoms with Crippen LogP contribution in [0.1, 0.15) is 24.2 Å². The van der Waals surface area contributed by atoms with Crippen LogP contribution in [0.4, 0.5) is 0 Å². The molecule has 1 unspecified atom stereocenters. The highest BCUT2D eigenvalue weighted by Crippen LogP contribution is 2.34. The van der Waals surface area contributed by atoms with Crippen LogP contribution in [-0.4, -0.2) is 11.7 Å². The van der Waals surface area contributed by atoms with Crippen molar-refractivity contribution < 1.29 is 9.84 Å². The largest absolute Gasteiger partial charge is 0.493 e. The molecule has 0 amide bonds. The van der Waals surface area contributed by atoms with Crippen LogP contribution in [0.2, 0.25) is 5.02 Å². The van der Waals surface area contributed by atoms with E-state index in [1.165, 1.54) is 0 Å². The Morgan fingerprint density at radius 3 is 2.68 bits per heavy atom. The molecule has 0 heterocycles. The molecule has 0 saturated heterocycles. The summed E-state index contributed by atoms with van der Waals surface area (Å²) in [6.07, 6.45) is -0.812. The van der Waals surface area contributed by atoms with Crippen molar-refractivity contribution in [2.24, 2.45) is 0 Å². The van der Waals surface area contributed by atoms with Gasteiger partial charge in [-0.05, 0) is 31.2 Å². The molecule has 1 atom stereocenters. The molecule has 0 aliphatic heterocycles. The van der Waals surface area contributed by atoms with Gasteiger partial charge in [0.25, 0.3) is 0 Å². The van der Waals surface area contributed by atoms with Gasteiger partial charge in [0.05, 0.1) is 6.61 Å². The lowest BCUT2D eigenvalue weighted by Gasteiger charge is -2.17. The molecular weight excluding hydrogens is 328 g/mol. The molecule has 100 valence electrons. The number of hydrogen-bond acceptors (Lipinski definition) is 2. The number of benzene rings is 2. The molecule has 0 aliphatic rings. The third-order valence-electron chi connectivity index (χ3n) is 2.77. The lowest BCUT2D eigenvalue weighted by Crippen LogP contribution is -2.04. The summed E-state index contributed by atoms with van der Waals surface area (Å²) in [5.41, 5.74) is 1.37. The molecule has 0 saturated carbocycles. The Morgan fingerprint density at radius 1 is 1.21 bits per heavy atom. The Morgan fingerprint density at radius 2 is 1.95 bits per heavy atom. The minimum absolute atomic E-state index is 0.530. The van der Waals surface area contributed by atoms with Crippen LogP contribution in [0.25, 0.3) is 0 Å².